The molecule has 1 amide bonds. The van der Waals surface area contributed by atoms with Gasteiger partial charge in [-0.1, -0.05) is 6.07 Å². The summed E-state index contributed by atoms with van der Waals surface area (Å²) in [7, 11) is 0. The highest BCUT2D eigenvalue weighted by Gasteiger charge is 2.30. The Morgan fingerprint density at radius 2 is 2.11 bits per heavy atom. The molecule has 0 unspecified atom stereocenters. The third-order valence-corrected chi connectivity index (χ3v) is 4.50. The molecule has 1 aliphatic rings. The van der Waals surface area contributed by atoms with Crippen LogP contribution in [-0.4, -0.2) is 34.4 Å². The lowest BCUT2D eigenvalue weighted by molar-refractivity contribution is 0.0747. The van der Waals surface area contributed by atoms with Crippen molar-refractivity contribution in [2.45, 2.75) is 25.5 Å². The summed E-state index contributed by atoms with van der Waals surface area (Å²) in [5.74, 6) is 1.10. The number of amides is 1. The van der Waals surface area contributed by atoms with Crippen molar-refractivity contribution >= 4 is 35.8 Å². The number of benzene rings is 1. The van der Waals surface area contributed by atoms with Crippen LogP contribution in [0.15, 0.2) is 18.2 Å². The fourth-order valence-corrected chi connectivity index (χ4v) is 3.34. The molecule has 1 fully saturated rings. The van der Waals surface area contributed by atoms with E-state index in [1.807, 2.05) is 35.7 Å². The van der Waals surface area contributed by atoms with E-state index >= 15 is 0 Å². The van der Waals surface area contributed by atoms with Gasteiger partial charge in [0.05, 0.1) is 0 Å². The molecule has 0 aromatic heterocycles. The van der Waals surface area contributed by atoms with E-state index in [0.29, 0.717) is 5.69 Å². The standard InChI is InChI=1S/C14H20N2OS.ClH/c1-10-4-5-11(15)8-12(10)13(17)16-6-7-18-14(2,3)9-16;/h4-5,8H,6-7,9,15H2,1-3H3;1H. The van der Waals surface area contributed by atoms with Crippen LogP contribution in [0.5, 0.6) is 0 Å². The van der Waals surface area contributed by atoms with E-state index in [0.717, 1.165) is 30.0 Å². The predicted octanol–water partition coefficient (Wildman–Crippen LogP) is 2.97. The number of hydrogen-bond acceptors (Lipinski definition) is 3. The molecule has 0 radical (unpaired) electrons. The largest absolute Gasteiger partial charge is 0.399 e. The number of nitrogens with two attached hydrogens (primary N) is 1. The van der Waals surface area contributed by atoms with Crippen molar-refractivity contribution in [1.82, 2.24) is 4.90 Å². The number of carbonyl (C=O) groups excluding carboxylic acids is 1. The van der Waals surface area contributed by atoms with Gasteiger partial charge in [-0.3, -0.25) is 4.79 Å². The zero-order chi connectivity index (χ0) is 13.3. The van der Waals surface area contributed by atoms with E-state index in [1.165, 1.54) is 0 Å². The van der Waals surface area contributed by atoms with Crippen LogP contribution in [0.3, 0.4) is 0 Å². The summed E-state index contributed by atoms with van der Waals surface area (Å²) in [6.45, 7) is 7.94. The first-order chi connectivity index (χ1) is 8.39. The van der Waals surface area contributed by atoms with Crippen LogP contribution in [0.2, 0.25) is 0 Å². The maximum absolute atomic E-state index is 12.5. The van der Waals surface area contributed by atoms with Gasteiger partial charge in [0, 0.05) is 34.8 Å². The molecule has 0 saturated carbocycles. The number of aryl methyl sites for hydroxylation is 1. The van der Waals surface area contributed by atoms with Crippen molar-refractivity contribution in [1.29, 1.82) is 0 Å². The summed E-state index contributed by atoms with van der Waals surface area (Å²) in [6.07, 6.45) is 0. The van der Waals surface area contributed by atoms with Gasteiger partial charge in [0.1, 0.15) is 0 Å². The molecular weight excluding hydrogens is 280 g/mol. The van der Waals surface area contributed by atoms with Gasteiger partial charge in [-0.2, -0.15) is 11.8 Å². The summed E-state index contributed by atoms with van der Waals surface area (Å²) in [6, 6.07) is 5.53. The second-order valence-corrected chi connectivity index (χ2v) is 7.21. The Balaban J connectivity index is 0.00000180. The van der Waals surface area contributed by atoms with Crippen LogP contribution >= 0.6 is 24.2 Å². The van der Waals surface area contributed by atoms with E-state index in [9.17, 15) is 4.79 Å². The Labute approximate surface area is 125 Å². The number of hydrogen-bond donors (Lipinski definition) is 1. The van der Waals surface area contributed by atoms with Crippen LogP contribution in [0, 0.1) is 6.92 Å². The van der Waals surface area contributed by atoms with Crippen LogP contribution < -0.4 is 5.73 Å². The number of nitrogen functional groups attached to an aromatic ring is 1. The van der Waals surface area contributed by atoms with Crippen molar-refractivity contribution in [2.75, 3.05) is 24.6 Å². The van der Waals surface area contributed by atoms with Crippen molar-refractivity contribution < 1.29 is 4.79 Å². The van der Waals surface area contributed by atoms with Gasteiger partial charge in [-0.05, 0) is 38.5 Å². The maximum Gasteiger partial charge on any atom is 0.254 e. The molecule has 1 heterocycles. The molecule has 0 bridgehead atoms. The number of thioether (sulfide) groups is 1. The minimum absolute atomic E-state index is 0. The highest BCUT2D eigenvalue weighted by Crippen LogP contribution is 2.30. The second kappa shape index (κ2) is 6.06. The summed E-state index contributed by atoms with van der Waals surface area (Å²) in [5.41, 5.74) is 8.15. The van der Waals surface area contributed by atoms with Gasteiger partial charge in [-0.25, -0.2) is 0 Å². The number of rotatable bonds is 1. The predicted molar refractivity (Wildman–Crippen MR) is 85.3 cm³/mol. The smallest absolute Gasteiger partial charge is 0.254 e. The first kappa shape index (κ1) is 16.2. The van der Waals surface area contributed by atoms with Gasteiger partial charge >= 0.3 is 0 Å². The number of anilines is 1. The van der Waals surface area contributed by atoms with Crippen LogP contribution in [0.4, 0.5) is 5.69 Å². The van der Waals surface area contributed by atoms with Gasteiger partial charge < -0.3 is 10.6 Å². The summed E-state index contributed by atoms with van der Waals surface area (Å²) < 4.78 is 0.141. The average Bonchev–Trinajstić information content (AvgIpc) is 2.30. The van der Waals surface area contributed by atoms with E-state index in [2.05, 4.69) is 13.8 Å². The van der Waals surface area contributed by atoms with Gasteiger partial charge in [-0.15, -0.1) is 12.4 Å². The average molecular weight is 301 g/mol. The summed E-state index contributed by atoms with van der Waals surface area (Å²) in [5, 5.41) is 0. The van der Waals surface area contributed by atoms with Crippen LogP contribution in [0.25, 0.3) is 0 Å². The van der Waals surface area contributed by atoms with E-state index < -0.39 is 0 Å². The Hall–Kier alpha value is -0.870. The number of carbonyl (C=O) groups is 1. The highest BCUT2D eigenvalue weighted by atomic mass is 35.5. The molecule has 1 aliphatic heterocycles. The monoisotopic (exact) mass is 300 g/mol. The minimum Gasteiger partial charge on any atom is -0.399 e. The van der Waals surface area contributed by atoms with Crippen molar-refractivity contribution in [3.05, 3.63) is 29.3 Å². The molecule has 19 heavy (non-hydrogen) atoms. The zero-order valence-corrected chi connectivity index (χ0v) is 13.2. The Morgan fingerprint density at radius 1 is 1.42 bits per heavy atom. The minimum atomic E-state index is 0. The van der Waals surface area contributed by atoms with Crippen LogP contribution in [0.1, 0.15) is 29.8 Å². The normalized spacial score (nSPS) is 17.7. The number of nitrogens with zero attached hydrogens (tertiary/aromatic N) is 1. The molecule has 5 heteroatoms. The molecule has 1 aromatic rings. The molecule has 0 atom stereocenters. The van der Waals surface area contributed by atoms with Crippen molar-refractivity contribution in [2.24, 2.45) is 0 Å². The lowest BCUT2D eigenvalue weighted by Gasteiger charge is -2.37. The molecule has 1 aromatic carbocycles. The Morgan fingerprint density at radius 3 is 2.74 bits per heavy atom. The molecule has 2 rings (SSSR count). The van der Waals surface area contributed by atoms with Gasteiger partial charge in [0.15, 0.2) is 0 Å². The molecule has 106 valence electrons. The maximum atomic E-state index is 12.5. The zero-order valence-electron chi connectivity index (χ0n) is 11.6. The summed E-state index contributed by atoms with van der Waals surface area (Å²) in [4.78, 5) is 14.5. The quantitative estimate of drug-likeness (QED) is 0.811. The van der Waals surface area contributed by atoms with E-state index in [-0.39, 0.29) is 23.1 Å². The summed E-state index contributed by atoms with van der Waals surface area (Å²) >= 11 is 1.93. The molecule has 0 spiro atoms. The molecule has 1 saturated heterocycles. The van der Waals surface area contributed by atoms with Gasteiger partial charge in [0.25, 0.3) is 5.91 Å². The topological polar surface area (TPSA) is 46.3 Å². The first-order valence-electron chi connectivity index (χ1n) is 6.18. The third-order valence-electron chi connectivity index (χ3n) is 3.20. The third kappa shape index (κ3) is 3.80. The fraction of sp³-hybridized carbons (Fsp3) is 0.500. The van der Waals surface area contributed by atoms with Crippen LogP contribution in [-0.2, 0) is 0 Å². The lowest BCUT2D eigenvalue weighted by Crippen LogP contribution is -2.46. The number of halogens is 1. The van der Waals surface area contributed by atoms with E-state index in [4.69, 9.17) is 5.73 Å². The highest BCUT2D eigenvalue weighted by molar-refractivity contribution is 8.00. The van der Waals surface area contributed by atoms with Gasteiger partial charge in [0.2, 0.25) is 0 Å². The van der Waals surface area contributed by atoms with E-state index in [1.54, 1.807) is 6.07 Å². The van der Waals surface area contributed by atoms with Crippen molar-refractivity contribution in [3.8, 4) is 0 Å². The molecule has 0 aliphatic carbocycles. The van der Waals surface area contributed by atoms with Crippen molar-refractivity contribution in [3.63, 3.8) is 0 Å². The first-order valence-corrected chi connectivity index (χ1v) is 7.17. The Bertz CT molecular complexity index is 477. The molecular formula is C14H21ClN2OS. The SMILES string of the molecule is Cc1ccc(N)cc1C(=O)N1CCSC(C)(C)C1.Cl. The second-order valence-electron chi connectivity index (χ2n) is 5.41. The molecule has 2 N–H and O–H groups in total. The Kier molecular flexibility index (Phi) is 5.16. The molecule has 3 nitrogen and oxygen atoms in total. The lowest BCUT2D eigenvalue weighted by atomic mass is 10.1. The fourth-order valence-electron chi connectivity index (χ4n) is 2.23.